The zero-order valence-electron chi connectivity index (χ0n) is 6.96. The van der Waals surface area contributed by atoms with Crippen LogP contribution in [0.15, 0.2) is 23.3 Å². The predicted molar refractivity (Wildman–Crippen MR) is 51.2 cm³/mol. The van der Waals surface area contributed by atoms with Gasteiger partial charge in [-0.1, -0.05) is 24.3 Å². The molecule has 0 saturated heterocycles. The fourth-order valence-corrected chi connectivity index (χ4v) is 1.11. The second-order valence-electron chi connectivity index (χ2n) is 1.76. The number of nitro groups is 1. The van der Waals surface area contributed by atoms with Gasteiger partial charge in [-0.15, -0.1) is 5.92 Å². The first-order valence-electron chi connectivity index (χ1n) is 3.15. The second-order valence-corrected chi connectivity index (χ2v) is 2.55. The van der Waals surface area contributed by atoms with Gasteiger partial charge >= 0.3 is 5.03 Å². The van der Waals surface area contributed by atoms with Crippen molar-refractivity contribution in [3.8, 4) is 11.8 Å². The SMILES string of the molecule is C=C/C(C#CC)=C(\SC)[N+](=O)[O-]. The van der Waals surface area contributed by atoms with Crippen LogP contribution in [-0.2, 0) is 0 Å². The first-order chi connectivity index (χ1) is 5.67. The van der Waals surface area contributed by atoms with E-state index in [1.54, 1.807) is 13.2 Å². The molecule has 0 aromatic carbocycles. The van der Waals surface area contributed by atoms with Crippen molar-refractivity contribution in [1.82, 2.24) is 0 Å². The Morgan fingerprint density at radius 3 is 2.58 bits per heavy atom. The number of rotatable bonds is 3. The topological polar surface area (TPSA) is 43.1 Å². The summed E-state index contributed by atoms with van der Waals surface area (Å²) in [5, 5.41) is 10.5. The minimum absolute atomic E-state index is 0.0411. The molecule has 64 valence electrons. The number of allylic oxidation sites excluding steroid dienone is 2. The fourth-order valence-electron chi connectivity index (χ4n) is 0.609. The van der Waals surface area contributed by atoms with Crippen molar-refractivity contribution in [3.05, 3.63) is 33.4 Å². The summed E-state index contributed by atoms with van der Waals surface area (Å²) in [6, 6.07) is 0. The number of thioether (sulfide) groups is 1. The van der Waals surface area contributed by atoms with Crippen molar-refractivity contribution in [3.63, 3.8) is 0 Å². The fraction of sp³-hybridized carbons (Fsp3) is 0.250. The zero-order valence-corrected chi connectivity index (χ0v) is 7.77. The van der Waals surface area contributed by atoms with E-state index in [9.17, 15) is 10.1 Å². The average molecular weight is 183 g/mol. The van der Waals surface area contributed by atoms with Gasteiger partial charge in [-0.25, -0.2) is 0 Å². The highest BCUT2D eigenvalue weighted by molar-refractivity contribution is 8.02. The molecule has 3 nitrogen and oxygen atoms in total. The number of nitrogens with zero attached hydrogens (tertiary/aromatic N) is 1. The van der Waals surface area contributed by atoms with Gasteiger partial charge in [0.25, 0.3) is 0 Å². The van der Waals surface area contributed by atoms with E-state index in [1.807, 2.05) is 0 Å². The van der Waals surface area contributed by atoms with Crippen molar-refractivity contribution in [1.29, 1.82) is 0 Å². The van der Waals surface area contributed by atoms with Gasteiger partial charge in [0.05, 0.1) is 4.92 Å². The summed E-state index contributed by atoms with van der Waals surface area (Å²) in [4.78, 5) is 9.96. The Bertz CT molecular complexity index is 283. The number of hydrogen-bond acceptors (Lipinski definition) is 3. The summed E-state index contributed by atoms with van der Waals surface area (Å²) in [5.41, 5.74) is 0.370. The van der Waals surface area contributed by atoms with Crippen molar-refractivity contribution in [2.75, 3.05) is 6.26 Å². The second kappa shape index (κ2) is 5.44. The third-order valence-corrected chi connectivity index (χ3v) is 1.81. The van der Waals surface area contributed by atoms with Gasteiger partial charge < -0.3 is 0 Å². The van der Waals surface area contributed by atoms with Gasteiger partial charge in [-0.05, 0) is 19.3 Å². The van der Waals surface area contributed by atoms with Crippen LogP contribution in [-0.4, -0.2) is 11.2 Å². The minimum atomic E-state index is -0.452. The van der Waals surface area contributed by atoms with Crippen LogP contribution in [0, 0.1) is 22.0 Å². The first kappa shape index (κ1) is 10.8. The van der Waals surface area contributed by atoms with E-state index in [-0.39, 0.29) is 5.03 Å². The van der Waals surface area contributed by atoms with E-state index in [1.165, 1.54) is 6.08 Å². The third kappa shape index (κ3) is 2.81. The van der Waals surface area contributed by atoms with Gasteiger partial charge in [0.15, 0.2) is 0 Å². The molecule has 12 heavy (non-hydrogen) atoms. The van der Waals surface area contributed by atoms with Crippen molar-refractivity contribution in [2.24, 2.45) is 0 Å². The van der Waals surface area contributed by atoms with Crippen LogP contribution >= 0.6 is 11.8 Å². The van der Waals surface area contributed by atoms with Crippen molar-refractivity contribution < 1.29 is 4.92 Å². The molecule has 4 heteroatoms. The molecule has 0 radical (unpaired) electrons. The largest absolute Gasteiger partial charge is 0.318 e. The van der Waals surface area contributed by atoms with Gasteiger partial charge in [0.2, 0.25) is 0 Å². The molecule has 0 rings (SSSR count). The van der Waals surface area contributed by atoms with Gasteiger partial charge in [-0.3, -0.25) is 10.1 Å². The summed E-state index contributed by atoms with van der Waals surface area (Å²) in [5.74, 6) is 5.21. The van der Waals surface area contributed by atoms with Crippen LogP contribution in [0.1, 0.15) is 6.92 Å². The minimum Gasteiger partial charge on any atom is -0.258 e. The molecule has 0 atom stereocenters. The van der Waals surface area contributed by atoms with Crippen LogP contribution in [0.5, 0.6) is 0 Å². The molecule has 0 heterocycles. The standard InChI is InChI=1S/C8H9NO2S/c1-4-6-7(5-2)8(12-3)9(10)11/h5H,2H2,1,3H3/b8-7+. The highest BCUT2D eigenvalue weighted by atomic mass is 32.2. The highest BCUT2D eigenvalue weighted by Gasteiger charge is 2.12. The Morgan fingerprint density at radius 2 is 2.33 bits per heavy atom. The van der Waals surface area contributed by atoms with E-state index in [0.29, 0.717) is 5.57 Å². The maximum Gasteiger partial charge on any atom is 0.318 e. The summed E-state index contributed by atoms with van der Waals surface area (Å²) >= 11 is 1.06. The normalized spacial score (nSPS) is 10.8. The van der Waals surface area contributed by atoms with Crippen LogP contribution < -0.4 is 0 Å². The average Bonchev–Trinajstić information content (AvgIpc) is 2.03. The van der Waals surface area contributed by atoms with Crippen LogP contribution in [0.4, 0.5) is 0 Å². The maximum absolute atomic E-state index is 10.4. The quantitative estimate of drug-likeness (QED) is 0.291. The summed E-state index contributed by atoms with van der Waals surface area (Å²) < 4.78 is 0. The molecule has 0 aliphatic rings. The molecule has 0 N–H and O–H groups in total. The Hall–Kier alpha value is -1.21. The lowest BCUT2D eigenvalue weighted by molar-refractivity contribution is -0.410. The van der Waals surface area contributed by atoms with Crippen molar-refractivity contribution in [2.45, 2.75) is 6.92 Å². The lowest BCUT2D eigenvalue weighted by Gasteiger charge is -1.93. The molecule has 0 unspecified atom stereocenters. The molecule has 0 saturated carbocycles. The molecular weight excluding hydrogens is 174 g/mol. The molecule has 0 spiro atoms. The Morgan fingerprint density at radius 1 is 1.75 bits per heavy atom. The molecule has 0 aliphatic heterocycles. The van der Waals surface area contributed by atoms with E-state index < -0.39 is 4.92 Å². The van der Waals surface area contributed by atoms with E-state index in [2.05, 4.69) is 18.4 Å². The molecule has 0 amide bonds. The predicted octanol–water partition coefficient (Wildman–Crippen LogP) is 2.05. The van der Waals surface area contributed by atoms with Crippen LogP contribution in [0.2, 0.25) is 0 Å². The van der Waals surface area contributed by atoms with Gasteiger partial charge in [0, 0.05) is 0 Å². The summed E-state index contributed by atoms with van der Waals surface area (Å²) in [7, 11) is 0. The molecule has 0 bridgehead atoms. The van der Waals surface area contributed by atoms with E-state index >= 15 is 0 Å². The molecule has 0 aromatic rings. The van der Waals surface area contributed by atoms with Gasteiger partial charge in [-0.2, -0.15) is 0 Å². The van der Waals surface area contributed by atoms with Crippen LogP contribution in [0.25, 0.3) is 0 Å². The zero-order chi connectivity index (χ0) is 9.56. The van der Waals surface area contributed by atoms with Gasteiger partial charge in [0.1, 0.15) is 5.57 Å². The monoisotopic (exact) mass is 183 g/mol. The van der Waals surface area contributed by atoms with E-state index in [0.717, 1.165) is 11.8 Å². The Labute approximate surface area is 75.7 Å². The van der Waals surface area contributed by atoms with E-state index in [4.69, 9.17) is 0 Å². The van der Waals surface area contributed by atoms with Crippen molar-refractivity contribution >= 4 is 11.8 Å². The Balaban J connectivity index is 5.10. The third-order valence-electron chi connectivity index (χ3n) is 1.05. The molecular formula is C8H9NO2S. The molecule has 0 fully saturated rings. The summed E-state index contributed by atoms with van der Waals surface area (Å²) in [6.45, 7) is 5.08. The van der Waals surface area contributed by atoms with Crippen LogP contribution in [0.3, 0.4) is 0 Å². The smallest absolute Gasteiger partial charge is 0.258 e. The molecule has 0 aliphatic carbocycles. The Kier molecular flexibility index (Phi) is 4.89. The maximum atomic E-state index is 10.4. The molecule has 0 aromatic heterocycles. The number of hydrogen-bond donors (Lipinski definition) is 0. The summed E-state index contributed by atoms with van der Waals surface area (Å²) in [6.07, 6.45) is 3.03. The lowest BCUT2D eigenvalue weighted by Crippen LogP contribution is -1.96. The first-order valence-corrected chi connectivity index (χ1v) is 4.37. The lowest BCUT2D eigenvalue weighted by atomic mass is 10.3. The highest BCUT2D eigenvalue weighted by Crippen LogP contribution is 2.17.